The van der Waals surface area contributed by atoms with Crippen LogP contribution in [0.1, 0.15) is 6.42 Å². The van der Waals surface area contributed by atoms with E-state index >= 15 is 0 Å². The fraction of sp³-hybridized carbons (Fsp3) is 0.545. The molecule has 2 atom stereocenters. The van der Waals surface area contributed by atoms with E-state index in [0.29, 0.717) is 6.04 Å². The van der Waals surface area contributed by atoms with Gasteiger partial charge in [0.1, 0.15) is 5.75 Å². The summed E-state index contributed by atoms with van der Waals surface area (Å²) in [5.74, 6) is 1.02. The number of pyridine rings is 1. The van der Waals surface area contributed by atoms with Gasteiger partial charge in [0.2, 0.25) is 0 Å². The number of anilines is 1. The highest BCUT2D eigenvalue weighted by Gasteiger charge is 2.37. The molecule has 2 fully saturated rings. The van der Waals surface area contributed by atoms with Crippen LogP contribution in [0.4, 0.5) is 5.69 Å². The molecule has 2 unspecified atom stereocenters. The molecule has 3 rings (SSSR count). The Morgan fingerprint density at radius 1 is 1.40 bits per heavy atom. The van der Waals surface area contributed by atoms with Crippen molar-refractivity contribution in [3.8, 4) is 5.75 Å². The van der Waals surface area contributed by atoms with Gasteiger partial charge in [0.25, 0.3) is 0 Å². The molecule has 3 heterocycles. The number of rotatable bonds is 1. The predicted octanol–water partition coefficient (Wildman–Crippen LogP) is 0.585. The third-order valence-corrected chi connectivity index (χ3v) is 3.49. The molecular weight excluding hydrogens is 190 g/mol. The lowest BCUT2D eigenvalue weighted by Crippen LogP contribution is -2.34. The van der Waals surface area contributed by atoms with Gasteiger partial charge in [-0.15, -0.1) is 0 Å². The first-order valence-electron chi connectivity index (χ1n) is 5.46. The maximum atomic E-state index is 9.41. The van der Waals surface area contributed by atoms with Crippen LogP contribution >= 0.6 is 0 Å². The number of hydrogen-bond donors (Lipinski definition) is 2. The first kappa shape index (κ1) is 8.97. The molecule has 2 N–H and O–H groups in total. The van der Waals surface area contributed by atoms with E-state index in [1.807, 2.05) is 6.20 Å². The lowest BCUT2D eigenvalue weighted by Gasteiger charge is -2.25. The second kappa shape index (κ2) is 3.38. The number of aromatic nitrogens is 1. The fourth-order valence-corrected chi connectivity index (χ4v) is 2.74. The summed E-state index contributed by atoms with van der Waals surface area (Å²) in [5, 5.41) is 12.8. The van der Waals surface area contributed by atoms with Gasteiger partial charge in [-0.1, -0.05) is 0 Å². The summed E-state index contributed by atoms with van der Waals surface area (Å²) in [6.45, 7) is 3.27. The zero-order valence-electron chi connectivity index (χ0n) is 8.56. The van der Waals surface area contributed by atoms with Crippen molar-refractivity contribution in [1.29, 1.82) is 0 Å². The van der Waals surface area contributed by atoms with Gasteiger partial charge in [-0.05, 0) is 12.3 Å². The second-order valence-electron chi connectivity index (χ2n) is 4.37. The van der Waals surface area contributed by atoms with Gasteiger partial charge < -0.3 is 15.3 Å². The Morgan fingerprint density at radius 3 is 3.20 bits per heavy atom. The predicted molar refractivity (Wildman–Crippen MR) is 58.0 cm³/mol. The molecule has 0 bridgehead atoms. The maximum Gasteiger partial charge on any atom is 0.135 e. The molecule has 0 spiro atoms. The van der Waals surface area contributed by atoms with Crippen molar-refractivity contribution in [3.63, 3.8) is 0 Å². The molecule has 2 aliphatic heterocycles. The van der Waals surface area contributed by atoms with E-state index in [2.05, 4.69) is 15.2 Å². The summed E-state index contributed by atoms with van der Waals surface area (Å²) in [4.78, 5) is 6.39. The summed E-state index contributed by atoms with van der Waals surface area (Å²) in [6.07, 6.45) is 4.55. The molecule has 1 aromatic heterocycles. The van der Waals surface area contributed by atoms with Crippen LogP contribution in [-0.4, -0.2) is 35.8 Å². The number of nitrogens with one attached hydrogen (secondary N) is 1. The Labute approximate surface area is 88.9 Å². The van der Waals surface area contributed by atoms with Crippen molar-refractivity contribution in [1.82, 2.24) is 10.3 Å². The number of aromatic hydroxyl groups is 1. The molecule has 2 aliphatic rings. The van der Waals surface area contributed by atoms with Crippen LogP contribution in [0.15, 0.2) is 18.5 Å². The molecule has 0 amide bonds. The first-order valence-corrected chi connectivity index (χ1v) is 5.46. The van der Waals surface area contributed by atoms with Gasteiger partial charge in [0, 0.05) is 31.7 Å². The van der Waals surface area contributed by atoms with Crippen molar-refractivity contribution >= 4 is 5.69 Å². The SMILES string of the molecule is Oc1cncc(N2CCC3CNCC32)c1. The summed E-state index contributed by atoms with van der Waals surface area (Å²) in [6, 6.07) is 2.39. The molecule has 4 heteroatoms. The van der Waals surface area contributed by atoms with Crippen LogP contribution in [0.5, 0.6) is 5.75 Å². The van der Waals surface area contributed by atoms with E-state index < -0.39 is 0 Å². The zero-order chi connectivity index (χ0) is 10.3. The molecule has 1 aromatic rings. The Kier molecular flexibility index (Phi) is 2.02. The van der Waals surface area contributed by atoms with Gasteiger partial charge in [0.15, 0.2) is 0 Å². The topological polar surface area (TPSA) is 48.4 Å². The van der Waals surface area contributed by atoms with Crippen LogP contribution in [0.3, 0.4) is 0 Å². The Bertz CT molecular complexity index is 369. The minimum Gasteiger partial charge on any atom is -0.506 e. The average Bonchev–Trinajstić information content (AvgIpc) is 2.77. The first-order chi connectivity index (χ1) is 7.34. The van der Waals surface area contributed by atoms with Gasteiger partial charge in [-0.2, -0.15) is 0 Å². The van der Waals surface area contributed by atoms with Gasteiger partial charge in [-0.25, -0.2) is 0 Å². The van der Waals surface area contributed by atoms with Crippen LogP contribution in [-0.2, 0) is 0 Å². The van der Waals surface area contributed by atoms with Crippen molar-refractivity contribution in [2.75, 3.05) is 24.5 Å². The van der Waals surface area contributed by atoms with E-state index in [-0.39, 0.29) is 5.75 Å². The molecule has 80 valence electrons. The third-order valence-electron chi connectivity index (χ3n) is 3.49. The van der Waals surface area contributed by atoms with Crippen molar-refractivity contribution in [3.05, 3.63) is 18.5 Å². The van der Waals surface area contributed by atoms with Crippen molar-refractivity contribution in [2.24, 2.45) is 5.92 Å². The molecule has 0 aliphatic carbocycles. The fourth-order valence-electron chi connectivity index (χ4n) is 2.74. The lowest BCUT2D eigenvalue weighted by molar-refractivity contribution is 0.472. The zero-order valence-corrected chi connectivity index (χ0v) is 8.56. The van der Waals surface area contributed by atoms with Crippen molar-refractivity contribution < 1.29 is 5.11 Å². The summed E-state index contributed by atoms with van der Waals surface area (Å²) >= 11 is 0. The molecular formula is C11H15N3O. The Morgan fingerprint density at radius 2 is 2.33 bits per heavy atom. The van der Waals surface area contributed by atoms with E-state index in [0.717, 1.165) is 31.2 Å². The van der Waals surface area contributed by atoms with E-state index in [1.165, 1.54) is 12.6 Å². The summed E-state index contributed by atoms with van der Waals surface area (Å²) < 4.78 is 0. The Balaban J connectivity index is 1.88. The highest BCUT2D eigenvalue weighted by Crippen LogP contribution is 2.32. The van der Waals surface area contributed by atoms with Crippen LogP contribution < -0.4 is 10.2 Å². The molecule has 0 saturated carbocycles. The largest absolute Gasteiger partial charge is 0.506 e. The van der Waals surface area contributed by atoms with Crippen LogP contribution in [0.25, 0.3) is 0 Å². The van der Waals surface area contributed by atoms with Gasteiger partial charge in [0.05, 0.1) is 18.1 Å². The van der Waals surface area contributed by atoms with Gasteiger partial charge >= 0.3 is 0 Å². The monoisotopic (exact) mass is 205 g/mol. The number of nitrogens with zero attached hydrogens (tertiary/aromatic N) is 2. The summed E-state index contributed by atoms with van der Waals surface area (Å²) in [5.41, 5.74) is 1.05. The average molecular weight is 205 g/mol. The normalized spacial score (nSPS) is 29.5. The Hall–Kier alpha value is -1.29. The molecule has 0 radical (unpaired) electrons. The molecule has 15 heavy (non-hydrogen) atoms. The number of hydrogen-bond acceptors (Lipinski definition) is 4. The molecule has 4 nitrogen and oxygen atoms in total. The minimum absolute atomic E-state index is 0.252. The van der Waals surface area contributed by atoms with E-state index in [9.17, 15) is 5.11 Å². The van der Waals surface area contributed by atoms with Crippen molar-refractivity contribution in [2.45, 2.75) is 12.5 Å². The van der Waals surface area contributed by atoms with E-state index in [4.69, 9.17) is 0 Å². The summed E-state index contributed by atoms with van der Waals surface area (Å²) in [7, 11) is 0. The lowest BCUT2D eigenvalue weighted by atomic mass is 10.1. The second-order valence-corrected chi connectivity index (χ2v) is 4.37. The standard InChI is InChI=1S/C11H15N3O/c15-10-3-9(5-13-6-10)14-2-1-8-4-12-7-11(8)14/h3,5-6,8,11-12,15H,1-2,4,7H2. The number of fused-ring (bicyclic) bond motifs is 1. The third kappa shape index (κ3) is 1.45. The quantitative estimate of drug-likeness (QED) is 0.704. The smallest absolute Gasteiger partial charge is 0.135 e. The molecule has 2 saturated heterocycles. The highest BCUT2D eigenvalue weighted by atomic mass is 16.3. The maximum absolute atomic E-state index is 9.41. The highest BCUT2D eigenvalue weighted by molar-refractivity contribution is 5.50. The van der Waals surface area contributed by atoms with Gasteiger partial charge in [-0.3, -0.25) is 4.98 Å². The van der Waals surface area contributed by atoms with Crippen LogP contribution in [0.2, 0.25) is 0 Å². The minimum atomic E-state index is 0.252. The molecule has 0 aromatic carbocycles. The van der Waals surface area contributed by atoms with Crippen LogP contribution in [0, 0.1) is 5.92 Å². The van der Waals surface area contributed by atoms with E-state index in [1.54, 1.807) is 6.07 Å².